The number of primary amides is 1. The Kier molecular flexibility index (Phi) is 8.42. The summed E-state index contributed by atoms with van der Waals surface area (Å²) in [7, 11) is 0. The molecule has 0 saturated carbocycles. The smallest absolute Gasteiger partial charge is 0.243 e. The lowest BCUT2D eigenvalue weighted by atomic mass is 10.0. The van der Waals surface area contributed by atoms with E-state index in [0.717, 1.165) is 26.5 Å². The van der Waals surface area contributed by atoms with Gasteiger partial charge in [0.25, 0.3) is 0 Å². The van der Waals surface area contributed by atoms with Gasteiger partial charge >= 0.3 is 0 Å². The Morgan fingerprint density at radius 2 is 1.68 bits per heavy atom. The molecule has 178 valence electrons. The van der Waals surface area contributed by atoms with E-state index in [9.17, 15) is 19.2 Å². The van der Waals surface area contributed by atoms with E-state index in [0.29, 0.717) is 0 Å². The van der Waals surface area contributed by atoms with Gasteiger partial charge < -0.3 is 26.7 Å². The molecule has 3 aromatic rings. The minimum atomic E-state index is -0.970. The Morgan fingerprint density at radius 1 is 0.971 bits per heavy atom. The third kappa shape index (κ3) is 6.92. The number of benzene rings is 2. The van der Waals surface area contributed by atoms with Crippen LogP contribution in [0.15, 0.2) is 59.2 Å². The topological polar surface area (TPSA) is 146 Å². The predicted octanol–water partition coefficient (Wildman–Crippen LogP) is 1.31. The molecule has 9 nitrogen and oxygen atoms in total. The second-order valence-electron chi connectivity index (χ2n) is 7.90. The summed E-state index contributed by atoms with van der Waals surface area (Å²) in [5.41, 5.74) is 7.69. The molecule has 2 atom stereocenters. The fraction of sp³-hybridized carbons (Fsp3) is 0.250. The molecule has 4 amide bonds. The monoisotopic (exact) mass is 527 g/mol. The summed E-state index contributed by atoms with van der Waals surface area (Å²) in [6.07, 6.45) is 2.20. The van der Waals surface area contributed by atoms with Crippen LogP contribution < -0.4 is 21.7 Å². The molecule has 0 unspecified atom stereocenters. The number of nitrogens with two attached hydrogens (primary N) is 1. The summed E-state index contributed by atoms with van der Waals surface area (Å²) in [6, 6.07) is 13.0. The van der Waals surface area contributed by atoms with E-state index in [1.807, 2.05) is 48.5 Å². The Labute approximate surface area is 205 Å². The van der Waals surface area contributed by atoms with Gasteiger partial charge in [-0.25, -0.2) is 0 Å². The van der Waals surface area contributed by atoms with Gasteiger partial charge in [0, 0.05) is 41.3 Å². The van der Waals surface area contributed by atoms with Crippen molar-refractivity contribution in [1.29, 1.82) is 0 Å². The van der Waals surface area contributed by atoms with Gasteiger partial charge in [0.1, 0.15) is 12.1 Å². The lowest BCUT2D eigenvalue weighted by Gasteiger charge is -2.23. The number of H-pyrrole nitrogens is 1. The first-order valence-electron chi connectivity index (χ1n) is 10.7. The van der Waals surface area contributed by atoms with Crippen LogP contribution in [-0.4, -0.2) is 47.2 Å². The van der Waals surface area contributed by atoms with Gasteiger partial charge in [0.05, 0.1) is 6.54 Å². The first kappa shape index (κ1) is 25.0. The summed E-state index contributed by atoms with van der Waals surface area (Å²) in [5, 5.41) is 8.75. The van der Waals surface area contributed by atoms with E-state index in [4.69, 9.17) is 5.73 Å². The van der Waals surface area contributed by atoms with E-state index in [1.54, 1.807) is 6.20 Å². The highest BCUT2D eigenvalue weighted by atomic mass is 79.9. The van der Waals surface area contributed by atoms with Crippen LogP contribution in [0.3, 0.4) is 0 Å². The summed E-state index contributed by atoms with van der Waals surface area (Å²) in [6.45, 7) is 0.979. The molecule has 34 heavy (non-hydrogen) atoms. The van der Waals surface area contributed by atoms with Gasteiger partial charge in [-0.15, -0.1) is 0 Å². The second kappa shape index (κ2) is 11.5. The van der Waals surface area contributed by atoms with E-state index in [2.05, 4.69) is 36.9 Å². The first-order valence-corrected chi connectivity index (χ1v) is 11.4. The van der Waals surface area contributed by atoms with Gasteiger partial charge in [0.15, 0.2) is 0 Å². The fourth-order valence-electron chi connectivity index (χ4n) is 3.62. The fourth-order valence-corrected chi connectivity index (χ4v) is 3.98. The summed E-state index contributed by atoms with van der Waals surface area (Å²) < 4.78 is 0.885. The van der Waals surface area contributed by atoms with Crippen LogP contribution in [0.2, 0.25) is 0 Å². The minimum absolute atomic E-state index is 0.198. The Balaban J connectivity index is 1.81. The molecule has 1 heterocycles. The van der Waals surface area contributed by atoms with E-state index in [-0.39, 0.29) is 25.3 Å². The van der Waals surface area contributed by atoms with Crippen molar-refractivity contribution in [3.63, 3.8) is 0 Å². The number of hydrogen-bond acceptors (Lipinski definition) is 4. The summed E-state index contributed by atoms with van der Waals surface area (Å²) >= 11 is 3.45. The molecule has 0 saturated heterocycles. The SMILES string of the molecule is CC(=O)N[C@H](Cc1c[nH]c2ccc(Br)cc12)C(=O)N[C@@H](Cc1ccccc1)C(=O)NCC(N)=O. The van der Waals surface area contributed by atoms with E-state index >= 15 is 0 Å². The van der Waals surface area contributed by atoms with Gasteiger partial charge in [-0.3, -0.25) is 19.2 Å². The van der Waals surface area contributed by atoms with E-state index in [1.165, 1.54) is 6.92 Å². The zero-order valence-electron chi connectivity index (χ0n) is 18.6. The lowest BCUT2D eigenvalue weighted by molar-refractivity contribution is -0.132. The van der Waals surface area contributed by atoms with Crippen molar-refractivity contribution in [2.45, 2.75) is 31.8 Å². The van der Waals surface area contributed by atoms with Crippen molar-refractivity contribution in [3.8, 4) is 0 Å². The third-order valence-corrected chi connectivity index (χ3v) is 5.69. The average Bonchev–Trinajstić information content (AvgIpc) is 3.18. The number of carbonyl (C=O) groups is 4. The maximum Gasteiger partial charge on any atom is 0.243 e. The maximum absolute atomic E-state index is 13.2. The molecule has 0 spiro atoms. The number of amides is 4. The zero-order valence-corrected chi connectivity index (χ0v) is 20.1. The third-order valence-electron chi connectivity index (χ3n) is 5.20. The quantitative estimate of drug-likeness (QED) is 0.270. The number of aromatic nitrogens is 1. The minimum Gasteiger partial charge on any atom is -0.368 e. The highest BCUT2D eigenvalue weighted by Crippen LogP contribution is 2.23. The predicted molar refractivity (Wildman–Crippen MR) is 132 cm³/mol. The normalized spacial score (nSPS) is 12.5. The molecule has 10 heteroatoms. The maximum atomic E-state index is 13.2. The van der Waals surface area contributed by atoms with Gasteiger partial charge in [-0.2, -0.15) is 0 Å². The molecule has 0 aliphatic carbocycles. The average molecular weight is 528 g/mol. The van der Waals surface area contributed by atoms with Crippen LogP contribution in [0.5, 0.6) is 0 Å². The molecule has 0 aliphatic heterocycles. The van der Waals surface area contributed by atoms with Crippen LogP contribution in [0, 0.1) is 0 Å². The van der Waals surface area contributed by atoms with Gasteiger partial charge in [0.2, 0.25) is 23.6 Å². The Bertz CT molecular complexity index is 1190. The summed E-state index contributed by atoms with van der Waals surface area (Å²) in [5.74, 6) is -2.14. The van der Waals surface area contributed by atoms with Crippen molar-refractivity contribution < 1.29 is 19.2 Å². The lowest BCUT2D eigenvalue weighted by Crippen LogP contribution is -2.55. The molecule has 0 radical (unpaired) electrons. The second-order valence-corrected chi connectivity index (χ2v) is 8.81. The molecule has 0 aliphatic rings. The van der Waals surface area contributed by atoms with Crippen molar-refractivity contribution in [1.82, 2.24) is 20.9 Å². The van der Waals surface area contributed by atoms with Gasteiger partial charge in [-0.1, -0.05) is 46.3 Å². The van der Waals surface area contributed by atoms with Crippen molar-refractivity contribution in [3.05, 3.63) is 70.3 Å². The van der Waals surface area contributed by atoms with E-state index < -0.39 is 29.8 Å². The number of rotatable bonds is 10. The van der Waals surface area contributed by atoms with Crippen LogP contribution in [-0.2, 0) is 32.0 Å². The largest absolute Gasteiger partial charge is 0.368 e. The number of fused-ring (bicyclic) bond motifs is 1. The van der Waals surface area contributed by atoms with Crippen molar-refractivity contribution >= 4 is 50.5 Å². The molecule has 0 bridgehead atoms. The Morgan fingerprint density at radius 3 is 2.35 bits per heavy atom. The molecular formula is C24H26BrN5O4. The molecule has 1 aromatic heterocycles. The molecule has 2 aromatic carbocycles. The number of halogens is 1. The number of aromatic amines is 1. The Hall–Kier alpha value is -3.66. The van der Waals surface area contributed by atoms with Crippen LogP contribution in [0.25, 0.3) is 10.9 Å². The highest BCUT2D eigenvalue weighted by Gasteiger charge is 2.27. The van der Waals surface area contributed by atoms with Crippen molar-refractivity contribution in [2.24, 2.45) is 5.73 Å². The molecule has 0 fully saturated rings. The molecular weight excluding hydrogens is 502 g/mol. The zero-order chi connectivity index (χ0) is 24.7. The first-order chi connectivity index (χ1) is 16.2. The highest BCUT2D eigenvalue weighted by molar-refractivity contribution is 9.10. The molecule has 6 N–H and O–H groups in total. The van der Waals surface area contributed by atoms with Crippen LogP contribution >= 0.6 is 15.9 Å². The van der Waals surface area contributed by atoms with Crippen LogP contribution in [0.1, 0.15) is 18.1 Å². The molecule has 3 rings (SSSR count). The van der Waals surface area contributed by atoms with Gasteiger partial charge in [-0.05, 0) is 29.3 Å². The number of nitrogens with one attached hydrogen (secondary N) is 4. The van der Waals surface area contributed by atoms with Crippen LogP contribution in [0.4, 0.5) is 0 Å². The summed E-state index contributed by atoms with van der Waals surface area (Å²) in [4.78, 5) is 52.1. The standard InChI is InChI=1S/C24H26BrN5O4/c1-14(31)29-21(10-16-12-27-19-8-7-17(25)11-18(16)19)24(34)30-20(23(33)28-13-22(26)32)9-15-5-3-2-4-6-15/h2-8,11-12,20-21,27H,9-10,13H2,1H3,(H2,26,32)(H,28,33)(H,29,31)(H,30,34)/t20-,21+/m0/s1. The number of hydrogen-bond donors (Lipinski definition) is 5. The number of carbonyl (C=O) groups excluding carboxylic acids is 4. The van der Waals surface area contributed by atoms with Crippen molar-refractivity contribution in [2.75, 3.05) is 6.54 Å².